The van der Waals surface area contributed by atoms with Crippen molar-refractivity contribution >= 4 is 6.47 Å². The molecule has 0 spiro atoms. The molecule has 0 amide bonds. The van der Waals surface area contributed by atoms with E-state index in [1.807, 2.05) is 0 Å². The van der Waals surface area contributed by atoms with Crippen LogP contribution in [0.25, 0.3) is 0 Å². The minimum absolute atomic E-state index is 0. The molecule has 0 aliphatic carbocycles. The molecule has 27 valence electrons. The van der Waals surface area contributed by atoms with Gasteiger partial charge in [-0.1, -0.05) is 0 Å². The smallest absolute Gasteiger partial charge is 0.290 e. The van der Waals surface area contributed by atoms with Gasteiger partial charge < -0.3 is 5.11 Å². The molecule has 0 aliphatic heterocycles. The third-order valence-electron chi connectivity index (χ3n) is 0. The van der Waals surface area contributed by atoms with E-state index in [1.165, 1.54) is 0 Å². The molecule has 0 atom stereocenters. The fourth-order valence-corrected chi connectivity index (χ4v) is 0. The second-order valence-electron chi connectivity index (χ2n) is 0.105. The maximum absolute atomic E-state index is 8.36. The van der Waals surface area contributed by atoms with E-state index in [9.17, 15) is 0 Å². The Morgan fingerprint density at radius 3 is 1.75 bits per heavy atom. The van der Waals surface area contributed by atoms with Gasteiger partial charge in [0, 0.05) is 20.1 Å². The second kappa shape index (κ2) is 11.2. The van der Waals surface area contributed by atoms with E-state index in [4.69, 9.17) is 9.90 Å². The predicted molar refractivity (Wildman–Crippen MR) is 8.69 cm³/mol. The number of carbonyl (C=O) groups is 1. The first-order valence-corrected chi connectivity index (χ1v) is 0.494. The Morgan fingerprint density at radius 2 is 1.75 bits per heavy atom. The Labute approximate surface area is 37.2 Å². The van der Waals surface area contributed by atoms with Crippen molar-refractivity contribution in [1.82, 2.24) is 0 Å². The Hall–Kier alpha value is 0.119. The molecule has 0 aromatic rings. The van der Waals surface area contributed by atoms with Crippen LogP contribution in [0.4, 0.5) is 0 Å². The number of hydrogen-bond donors (Lipinski definition) is 1. The van der Waals surface area contributed by atoms with Crippen molar-refractivity contribution in [2.75, 3.05) is 0 Å². The first-order valence-electron chi connectivity index (χ1n) is 0.494. The Morgan fingerprint density at radius 1 is 1.75 bits per heavy atom. The molecule has 3 heteroatoms. The van der Waals surface area contributed by atoms with E-state index >= 15 is 0 Å². The quantitative estimate of drug-likeness (QED) is 0.588. The van der Waals surface area contributed by atoms with E-state index in [1.54, 1.807) is 0 Å². The topological polar surface area (TPSA) is 37.3 Å². The Kier molecular flexibility index (Phi) is 24.9. The largest absolute Gasteiger partial charge is 0.483 e. The zero-order valence-corrected chi connectivity index (χ0v) is 4.16. The van der Waals surface area contributed by atoms with Gasteiger partial charge in [0.15, 0.2) is 0 Å². The zero-order chi connectivity index (χ0) is 2.71. The number of hydrogen-bond acceptors (Lipinski definition) is 1. The molecular weight excluding hydrogens is 236 g/mol. The van der Waals surface area contributed by atoms with Gasteiger partial charge in [-0.2, -0.15) is 0 Å². The van der Waals surface area contributed by atoms with Gasteiger partial charge >= 0.3 is 0 Å². The van der Waals surface area contributed by atoms with Crippen molar-refractivity contribution in [3.63, 3.8) is 0 Å². The molecular formula is CH2IrO2. The van der Waals surface area contributed by atoms with Crippen molar-refractivity contribution in [3.05, 3.63) is 0 Å². The summed E-state index contributed by atoms with van der Waals surface area (Å²) in [5.41, 5.74) is 0. The monoisotopic (exact) mass is 239 g/mol. The van der Waals surface area contributed by atoms with E-state index in [2.05, 4.69) is 0 Å². The third kappa shape index (κ3) is 186. The number of rotatable bonds is 0. The first-order chi connectivity index (χ1) is 1.41. The summed E-state index contributed by atoms with van der Waals surface area (Å²) in [5, 5.41) is 6.89. The van der Waals surface area contributed by atoms with Gasteiger partial charge in [0.2, 0.25) is 0 Å². The molecule has 2 nitrogen and oxygen atoms in total. The molecule has 0 heterocycles. The maximum Gasteiger partial charge on any atom is 0.290 e. The summed E-state index contributed by atoms with van der Waals surface area (Å²) in [7, 11) is 0. The van der Waals surface area contributed by atoms with Crippen molar-refractivity contribution < 1.29 is 30.0 Å². The summed E-state index contributed by atoms with van der Waals surface area (Å²) >= 11 is 0. The van der Waals surface area contributed by atoms with Crippen LogP contribution in [0.5, 0.6) is 0 Å². The van der Waals surface area contributed by atoms with Crippen LogP contribution in [0.15, 0.2) is 0 Å². The van der Waals surface area contributed by atoms with Crippen molar-refractivity contribution in [1.29, 1.82) is 0 Å². The van der Waals surface area contributed by atoms with Gasteiger partial charge in [0.05, 0.1) is 0 Å². The molecule has 0 saturated heterocycles. The minimum atomic E-state index is -0.250. The van der Waals surface area contributed by atoms with Gasteiger partial charge in [-0.25, -0.2) is 0 Å². The number of carboxylic acid groups (broad SMARTS) is 1. The van der Waals surface area contributed by atoms with Gasteiger partial charge in [0.25, 0.3) is 6.47 Å². The van der Waals surface area contributed by atoms with E-state index < -0.39 is 0 Å². The van der Waals surface area contributed by atoms with Crippen LogP contribution >= 0.6 is 0 Å². The summed E-state index contributed by atoms with van der Waals surface area (Å²) in [6, 6.07) is 0. The molecule has 0 aromatic heterocycles. The fraction of sp³-hybridized carbons (Fsp3) is 0. The molecule has 0 rings (SSSR count). The Balaban J connectivity index is 0. The SMILES string of the molecule is O=CO.[Ir]. The van der Waals surface area contributed by atoms with Crippen LogP contribution in [0.3, 0.4) is 0 Å². The molecule has 0 bridgehead atoms. The second-order valence-corrected chi connectivity index (χ2v) is 0.105. The molecule has 1 N–H and O–H groups in total. The standard InChI is InChI=1S/CH2O2.Ir/c2-1-3;/h1H,(H,2,3);. The Bertz CT molecular complexity index is 13.5. The molecule has 1 radical (unpaired) electrons. The van der Waals surface area contributed by atoms with Crippen LogP contribution in [0.1, 0.15) is 0 Å². The fourth-order valence-electron chi connectivity index (χ4n) is 0. The summed E-state index contributed by atoms with van der Waals surface area (Å²) in [4.78, 5) is 8.36. The van der Waals surface area contributed by atoms with Gasteiger partial charge in [-0.15, -0.1) is 0 Å². The van der Waals surface area contributed by atoms with E-state index in [-0.39, 0.29) is 26.6 Å². The normalized spacial score (nSPS) is 3.00. The third-order valence-corrected chi connectivity index (χ3v) is 0. The average molecular weight is 238 g/mol. The van der Waals surface area contributed by atoms with Gasteiger partial charge in [-0.05, 0) is 0 Å². The maximum atomic E-state index is 8.36. The van der Waals surface area contributed by atoms with Crippen molar-refractivity contribution in [3.8, 4) is 0 Å². The van der Waals surface area contributed by atoms with Crippen LogP contribution < -0.4 is 0 Å². The van der Waals surface area contributed by atoms with E-state index in [0.29, 0.717) is 0 Å². The first kappa shape index (κ1) is 8.92. The molecule has 0 aliphatic rings. The van der Waals surface area contributed by atoms with E-state index in [0.717, 1.165) is 0 Å². The minimum Gasteiger partial charge on any atom is -0.483 e. The average Bonchev–Trinajstić information content (AvgIpc) is 0.918. The summed E-state index contributed by atoms with van der Waals surface area (Å²) < 4.78 is 0. The molecule has 0 aromatic carbocycles. The van der Waals surface area contributed by atoms with Gasteiger partial charge in [-0.3, -0.25) is 4.79 Å². The molecule has 0 fully saturated rings. The summed E-state index contributed by atoms with van der Waals surface area (Å²) in [6.45, 7) is -0.250. The van der Waals surface area contributed by atoms with Crippen LogP contribution in [-0.2, 0) is 24.9 Å². The predicted octanol–water partition coefficient (Wildman–Crippen LogP) is -0.302. The van der Waals surface area contributed by atoms with Crippen molar-refractivity contribution in [2.45, 2.75) is 0 Å². The van der Waals surface area contributed by atoms with Crippen LogP contribution in [0, 0.1) is 0 Å². The molecule has 4 heavy (non-hydrogen) atoms. The van der Waals surface area contributed by atoms with Crippen LogP contribution in [0.2, 0.25) is 0 Å². The van der Waals surface area contributed by atoms with Crippen molar-refractivity contribution in [2.24, 2.45) is 0 Å². The zero-order valence-electron chi connectivity index (χ0n) is 1.77. The summed E-state index contributed by atoms with van der Waals surface area (Å²) in [6.07, 6.45) is 0. The van der Waals surface area contributed by atoms with Crippen LogP contribution in [-0.4, -0.2) is 11.6 Å². The molecule has 0 unspecified atom stereocenters. The molecule has 0 saturated carbocycles. The van der Waals surface area contributed by atoms with Gasteiger partial charge in [0.1, 0.15) is 0 Å². The summed E-state index contributed by atoms with van der Waals surface area (Å²) in [5.74, 6) is 0.